The Bertz CT molecular complexity index is 687. The highest BCUT2D eigenvalue weighted by Gasteiger charge is 2.24. The number of nitrogens with zero attached hydrogens (tertiary/aromatic N) is 3. The van der Waals surface area contributed by atoms with Crippen LogP contribution in [0.4, 0.5) is 19.3 Å². The maximum Gasteiger partial charge on any atom is 0.321 e. The average Bonchev–Trinajstić information content (AvgIpc) is 3.17. The van der Waals surface area contributed by atoms with E-state index in [0.29, 0.717) is 30.8 Å². The number of hydrogen-bond donors (Lipinski definition) is 2. The number of nitrogens with one attached hydrogen (secondary N) is 1. The molecule has 1 aromatic heterocycles. The van der Waals surface area contributed by atoms with Gasteiger partial charge < -0.3 is 15.3 Å². The molecule has 1 aliphatic heterocycles. The van der Waals surface area contributed by atoms with E-state index < -0.39 is 12.7 Å². The van der Waals surface area contributed by atoms with Gasteiger partial charge in [-0.3, -0.25) is 4.57 Å². The molecule has 23 heavy (non-hydrogen) atoms. The summed E-state index contributed by atoms with van der Waals surface area (Å²) in [5.41, 5.74) is 1.08. The molecule has 2 amide bonds. The summed E-state index contributed by atoms with van der Waals surface area (Å²) in [6, 6.07) is 6.21. The van der Waals surface area contributed by atoms with E-state index in [1.165, 1.54) is 17.3 Å². The fourth-order valence-corrected chi connectivity index (χ4v) is 2.53. The number of carbonyl (C=O) groups is 1. The number of aromatic nitrogens is 2. The SMILES string of the molecule is O=C(Nc1ccc(-c2nccn2C(F)F)cc1)N1CC[C@H](O)C1. The van der Waals surface area contributed by atoms with Crippen molar-refractivity contribution in [1.82, 2.24) is 14.5 Å². The lowest BCUT2D eigenvalue weighted by Crippen LogP contribution is -2.33. The zero-order valence-corrected chi connectivity index (χ0v) is 12.2. The van der Waals surface area contributed by atoms with Crippen LogP contribution in [0.1, 0.15) is 13.0 Å². The highest BCUT2D eigenvalue weighted by atomic mass is 19.3. The quantitative estimate of drug-likeness (QED) is 0.912. The summed E-state index contributed by atoms with van der Waals surface area (Å²) >= 11 is 0. The van der Waals surface area contributed by atoms with Gasteiger partial charge in [0.05, 0.1) is 6.10 Å². The van der Waals surface area contributed by atoms with E-state index in [0.717, 1.165) is 4.57 Å². The third-order valence-corrected chi connectivity index (χ3v) is 3.72. The number of aliphatic hydroxyl groups excluding tert-OH is 1. The summed E-state index contributed by atoms with van der Waals surface area (Å²) in [5.74, 6) is 0.167. The number of β-amino-alcohol motifs (C(OH)–C–C–N with tert-alkyl or cyclic N) is 1. The van der Waals surface area contributed by atoms with Gasteiger partial charge in [0.2, 0.25) is 0 Å². The highest BCUT2D eigenvalue weighted by molar-refractivity contribution is 5.89. The first kappa shape index (κ1) is 15.4. The third-order valence-electron chi connectivity index (χ3n) is 3.72. The molecule has 0 saturated carbocycles. The Kier molecular flexibility index (Phi) is 4.24. The van der Waals surface area contributed by atoms with Crippen molar-refractivity contribution in [2.24, 2.45) is 0 Å². The van der Waals surface area contributed by atoms with Crippen molar-refractivity contribution in [3.8, 4) is 11.4 Å². The zero-order chi connectivity index (χ0) is 16.4. The first-order valence-electron chi connectivity index (χ1n) is 7.20. The monoisotopic (exact) mass is 322 g/mol. The van der Waals surface area contributed by atoms with E-state index in [2.05, 4.69) is 10.3 Å². The van der Waals surface area contributed by atoms with Crippen LogP contribution in [0.3, 0.4) is 0 Å². The maximum atomic E-state index is 12.8. The topological polar surface area (TPSA) is 70.4 Å². The molecule has 2 N–H and O–H groups in total. The zero-order valence-electron chi connectivity index (χ0n) is 12.2. The number of rotatable bonds is 3. The summed E-state index contributed by atoms with van der Waals surface area (Å²) in [5, 5.41) is 12.2. The van der Waals surface area contributed by atoms with Crippen molar-refractivity contribution >= 4 is 11.7 Å². The summed E-state index contributed by atoms with van der Waals surface area (Å²) in [6.07, 6.45) is 2.63. The Morgan fingerprint density at radius 2 is 2.09 bits per heavy atom. The molecule has 0 radical (unpaired) electrons. The van der Waals surface area contributed by atoms with E-state index in [1.54, 1.807) is 24.3 Å². The molecular formula is C15H16F2N4O2. The highest BCUT2D eigenvalue weighted by Crippen LogP contribution is 2.24. The van der Waals surface area contributed by atoms with Crippen molar-refractivity contribution in [2.45, 2.75) is 19.1 Å². The third kappa shape index (κ3) is 3.31. The van der Waals surface area contributed by atoms with Crippen LogP contribution in [0.2, 0.25) is 0 Å². The Morgan fingerprint density at radius 1 is 1.35 bits per heavy atom. The lowest BCUT2D eigenvalue weighted by Gasteiger charge is -2.16. The fourth-order valence-electron chi connectivity index (χ4n) is 2.53. The molecule has 1 aliphatic rings. The van der Waals surface area contributed by atoms with E-state index in [-0.39, 0.29) is 11.9 Å². The smallest absolute Gasteiger partial charge is 0.321 e. The number of imidazole rings is 1. The Hall–Kier alpha value is -2.48. The van der Waals surface area contributed by atoms with Crippen LogP contribution in [0, 0.1) is 0 Å². The molecule has 6 nitrogen and oxygen atoms in total. The lowest BCUT2D eigenvalue weighted by molar-refractivity contribution is 0.0720. The Morgan fingerprint density at radius 3 is 2.70 bits per heavy atom. The second-order valence-corrected chi connectivity index (χ2v) is 5.33. The molecule has 0 unspecified atom stereocenters. The number of alkyl halides is 2. The molecule has 0 aliphatic carbocycles. The molecule has 2 aromatic rings. The number of hydrogen-bond acceptors (Lipinski definition) is 3. The molecular weight excluding hydrogens is 306 g/mol. The number of anilines is 1. The average molecular weight is 322 g/mol. The summed E-state index contributed by atoms with van der Waals surface area (Å²) in [7, 11) is 0. The van der Waals surface area contributed by atoms with Gasteiger partial charge in [0, 0.05) is 36.7 Å². The summed E-state index contributed by atoms with van der Waals surface area (Å²) in [6.45, 7) is -1.83. The predicted octanol–water partition coefficient (Wildman–Crippen LogP) is 2.54. The molecule has 0 bridgehead atoms. The molecule has 1 aromatic carbocycles. The minimum absolute atomic E-state index is 0.167. The minimum Gasteiger partial charge on any atom is -0.391 e. The van der Waals surface area contributed by atoms with Crippen LogP contribution in [-0.4, -0.2) is 44.8 Å². The molecule has 1 atom stereocenters. The van der Waals surface area contributed by atoms with Crippen LogP contribution in [0.25, 0.3) is 11.4 Å². The van der Waals surface area contributed by atoms with Crippen LogP contribution in [-0.2, 0) is 0 Å². The van der Waals surface area contributed by atoms with Gasteiger partial charge in [-0.1, -0.05) is 0 Å². The van der Waals surface area contributed by atoms with Gasteiger partial charge in [0.15, 0.2) is 0 Å². The fraction of sp³-hybridized carbons (Fsp3) is 0.333. The van der Waals surface area contributed by atoms with Crippen molar-refractivity contribution < 1.29 is 18.7 Å². The Labute approximate surface area is 131 Å². The van der Waals surface area contributed by atoms with E-state index in [9.17, 15) is 18.7 Å². The van der Waals surface area contributed by atoms with Gasteiger partial charge in [-0.2, -0.15) is 8.78 Å². The van der Waals surface area contributed by atoms with Gasteiger partial charge >= 0.3 is 12.6 Å². The number of likely N-dealkylation sites (tertiary alicyclic amines) is 1. The van der Waals surface area contributed by atoms with Gasteiger partial charge in [0.1, 0.15) is 5.82 Å². The molecule has 3 rings (SSSR count). The number of amides is 2. The second kappa shape index (κ2) is 6.33. The molecule has 1 fully saturated rings. The minimum atomic E-state index is -2.66. The van der Waals surface area contributed by atoms with E-state index in [1.807, 2.05) is 0 Å². The van der Waals surface area contributed by atoms with Gasteiger partial charge in [-0.25, -0.2) is 9.78 Å². The van der Waals surface area contributed by atoms with E-state index in [4.69, 9.17) is 0 Å². The van der Waals surface area contributed by atoms with Crippen LogP contribution in [0.15, 0.2) is 36.7 Å². The number of aliphatic hydroxyl groups is 1. The van der Waals surface area contributed by atoms with Crippen LogP contribution in [0.5, 0.6) is 0 Å². The largest absolute Gasteiger partial charge is 0.391 e. The molecule has 0 spiro atoms. The molecule has 1 saturated heterocycles. The first-order chi connectivity index (χ1) is 11.0. The van der Waals surface area contributed by atoms with Crippen LogP contribution < -0.4 is 5.32 Å². The first-order valence-corrected chi connectivity index (χ1v) is 7.20. The molecule has 2 heterocycles. The Balaban J connectivity index is 1.70. The number of urea groups is 1. The van der Waals surface area contributed by atoms with Crippen molar-refractivity contribution in [3.05, 3.63) is 36.7 Å². The molecule has 122 valence electrons. The summed E-state index contributed by atoms with van der Waals surface area (Å²) in [4.78, 5) is 17.5. The second-order valence-electron chi connectivity index (χ2n) is 5.33. The van der Waals surface area contributed by atoms with Crippen molar-refractivity contribution in [2.75, 3.05) is 18.4 Å². The van der Waals surface area contributed by atoms with Crippen LogP contribution >= 0.6 is 0 Å². The number of halogens is 2. The lowest BCUT2D eigenvalue weighted by atomic mass is 10.2. The van der Waals surface area contributed by atoms with Crippen molar-refractivity contribution in [3.63, 3.8) is 0 Å². The molecule has 8 heteroatoms. The van der Waals surface area contributed by atoms with Gasteiger partial charge in [-0.05, 0) is 30.7 Å². The van der Waals surface area contributed by atoms with Crippen molar-refractivity contribution in [1.29, 1.82) is 0 Å². The number of benzene rings is 1. The van der Waals surface area contributed by atoms with Gasteiger partial charge in [-0.15, -0.1) is 0 Å². The summed E-state index contributed by atoms with van der Waals surface area (Å²) < 4.78 is 26.5. The number of carbonyl (C=O) groups excluding carboxylic acids is 1. The standard InChI is InChI=1S/C15H16F2N4O2/c16-14(17)21-8-6-18-13(21)10-1-3-11(4-2-10)19-15(23)20-7-5-12(22)9-20/h1-4,6,8,12,14,22H,5,7,9H2,(H,19,23)/t12-/m0/s1. The van der Waals surface area contributed by atoms with Gasteiger partial charge in [0.25, 0.3) is 0 Å². The normalized spacial score (nSPS) is 17.7. The maximum absolute atomic E-state index is 12.8. The van der Waals surface area contributed by atoms with E-state index >= 15 is 0 Å². The predicted molar refractivity (Wildman–Crippen MR) is 80.1 cm³/mol.